The largest absolute Gasteiger partial charge is 0.373 e. The second-order valence-electron chi connectivity index (χ2n) is 7.31. The van der Waals surface area contributed by atoms with Crippen molar-refractivity contribution in [2.75, 3.05) is 29.3 Å². The van der Waals surface area contributed by atoms with Crippen molar-refractivity contribution in [2.24, 2.45) is 11.8 Å². The third-order valence-electron chi connectivity index (χ3n) is 4.36. The first-order valence-corrected chi connectivity index (χ1v) is 10.1. The van der Waals surface area contributed by atoms with Crippen molar-refractivity contribution in [3.63, 3.8) is 0 Å². The van der Waals surface area contributed by atoms with Gasteiger partial charge in [-0.15, -0.1) is 0 Å². The molecule has 6 nitrogen and oxygen atoms in total. The van der Waals surface area contributed by atoms with Gasteiger partial charge in [0.25, 0.3) is 10.0 Å². The Hall–Kier alpha value is -2.02. The van der Waals surface area contributed by atoms with E-state index < -0.39 is 10.0 Å². The summed E-state index contributed by atoms with van der Waals surface area (Å²) in [6.45, 7) is 8.26. The van der Waals surface area contributed by atoms with E-state index in [2.05, 4.69) is 30.7 Å². The maximum atomic E-state index is 13.3. The lowest BCUT2D eigenvalue weighted by Gasteiger charge is -2.24. The number of hydrogen-bond donors (Lipinski definition) is 0. The molecule has 0 bridgehead atoms. The van der Waals surface area contributed by atoms with Gasteiger partial charge in [-0.3, -0.25) is 4.31 Å². The van der Waals surface area contributed by atoms with Gasteiger partial charge in [-0.1, -0.05) is 32.9 Å². The number of imidazole rings is 1. The first kappa shape index (κ1) is 17.8. The van der Waals surface area contributed by atoms with E-state index in [1.54, 1.807) is 12.5 Å². The van der Waals surface area contributed by atoms with E-state index in [4.69, 9.17) is 0 Å². The summed E-state index contributed by atoms with van der Waals surface area (Å²) in [6.07, 6.45) is 3.24. The lowest BCUT2D eigenvalue weighted by molar-refractivity contribution is 0.521. The fourth-order valence-electron chi connectivity index (χ4n) is 3.34. The molecule has 1 aliphatic heterocycles. The highest BCUT2D eigenvalue weighted by molar-refractivity contribution is 7.92. The van der Waals surface area contributed by atoms with Crippen LogP contribution in [0.4, 0.5) is 11.4 Å². The Bertz CT molecular complexity index is 844. The summed E-state index contributed by atoms with van der Waals surface area (Å²) in [5, 5.41) is 0.111. The third-order valence-corrected chi connectivity index (χ3v) is 6.03. The van der Waals surface area contributed by atoms with Gasteiger partial charge in [-0.05, 0) is 24.0 Å². The van der Waals surface area contributed by atoms with Gasteiger partial charge >= 0.3 is 0 Å². The minimum atomic E-state index is -3.70. The van der Waals surface area contributed by atoms with Crippen LogP contribution in [0.3, 0.4) is 0 Å². The lowest BCUT2D eigenvalue weighted by atomic mass is 10.2. The maximum absolute atomic E-state index is 13.3. The smallest absolute Gasteiger partial charge is 0.283 e. The Labute approximate surface area is 150 Å². The summed E-state index contributed by atoms with van der Waals surface area (Å²) < 4.78 is 29.9. The van der Waals surface area contributed by atoms with Gasteiger partial charge in [-0.25, -0.2) is 4.98 Å². The van der Waals surface area contributed by atoms with Crippen LogP contribution in [0, 0.1) is 11.8 Å². The topological polar surface area (TPSA) is 58.4 Å². The van der Waals surface area contributed by atoms with Gasteiger partial charge in [0.2, 0.25) is 0 Å². The predicted molar refractivity (Wildman–Crippen MR) is 100 cm³/mol. The SMILES string of the molecule is CC(C)Cn1cnc(S(=O)(=O)N2CC(C)CN(C)c3ccccc32)c1. The Kier molecular flexibility index (Phi) is 4.77. The van der Waals surface area contributed by atoms with Crippen LogP contribution in [0.2, 0.25) is 0 Å². The second-order valence-corrected chi connectivity index (χ2v) is 9.12. The first-order valence-electron chi connectivity index (χ1n) is 8.63. The van der Waals surface area contributed by atoms with Crippen LogP contribution >= 0.6 is 0 Å². The van der Waals surface area contributed by atoms with Crippen LogP contribution in [-0.4, -0.2) is 38.1 Å². The van der Waals surface area contributed by atoms with Gasteiger partial charge < -0.3 is 9.47 Å². The zero-order valence-corrected chi connectivity index (χ0v) is 16.1. The van der Waals surface area contributed by atoms with Crippen LogP contribution in [0.1, 0.15) is 20.8 Å². The van der Waals surface area contributed by atoms with Crippen molar-refractivity contribution in [2.45, 2.75) is 32.3 Å². The van der Waals surface area contributed by atoms with E-state index in [1.807, 2.05) is 35.9 Å². The lowest BCUT2D eigenvalue weighted by Crippen LogP contribution is -2.35. The quantitative estimate of drug-likeness (QED) is 0.839. The van der Waals surface area contributed by atoms with Crippen molar-refractivity contribution in [3.8, 4) is 0 Å². The van der Waals surface area contributed by atoms with Crippen molar-refractivity contribution in [1.82, 2.24) is 9.55 Å². The molecule has 0 amide bonds. The average molecular weight is 362 g/mol. The summed E-state index contributed by atoms with van der Waals surface area (Å²) in [5.41, 5.74) is 1.64. The average Bonchev–Trinajstić information content (AvgIpc) is 2.96. The molecule has 0 radical (unpaired) electrons. The molecule has 0 saturated heterocycles. The summed E-state index contributed by atoms with van der Waals surface area (Å²) in [6, 6.07) is 7.65. The van der Waals surface area contributed by atoms with Crippen molar-refractivity contribution >= 4 is 21.4 Å². The highest BCUT2D eigenvalue weighted by Gasteiger charge is 2.33. The predicted octanol–water partition coefficient (Wildman–Crippen LogP) is 2.82. The molecule has 3 rings (SSSR count). The highest BCUT2D eigenvalue weighted by atomic mass is 32.2. The van der Waals surface area contributed by atoms with Gasteiger partial charge in [-0.2, -0.15) is 8.42 Å². The number of sulfonamides is 1. The molecule has 0 aliphatic carbocycles. The normalized spacial score (nSPS) is 18.4. The number of anilines is 2. The fourth-order valence-corrected chi connectivity index (χ4v) is 4.88. The summed E-state index contributed by atoms with van der Waals surface area (Å²) in [4.78, 5) is 6.30. The summed E-state index contributed by atoms with van der Waals surface area (Å²) in [7, 11) is -1.69. The number of rotatable bonds is 4. The van der Waals surface area contributed by atoms with Gasteiger partial charge in [0.1, 0.15) is 0 Å². The van der Waals surface area contributed by atoms with Crippen molar-refractivity contribution < 1.29 is 8.42 Å². The number of hydrogen-bond acceptors (Lipinski definition) is 4. The standard InChI is InChI=1S/C18H26N4O2S/c1-14(2)9-21-12-18(19-13-21)25(23,24)22-11-15(3)10-20(4)16-7-5-6-8-17(16)22/h5-8,12-15H,9-11H2,1-4H3. The molecule has 0 N–H and O–H groups in total. The third kappa shape index (κ3) is 3.51. The monoisotopic (exact) mass is 362 g/mol. The van der Waals surface area contributed by atoms with Crippen LogP contribution < -0.4 is 9.21 Å². The fraction of sp³-hybridized carbons (Fsp3) is 0.500. The number of aromatic nitrogens is 2. The Balaban J connectivity index is 2.03. The zero-order valence-electron chi connectivity index (χ0n) is 15.3. The number of benzene rings is 1. The molecule has 1 aromatic heterocycles. The van der Waals surface area contributed by atoms with Crippen molar-refractivity contribution in [1.29, 1.82) is 0 Å². The minimum Gasteiger partial charge on any atom is -0.373 e. The minimum absolute atomic E-state index is 0.111. The van der Waals surface area contributed by atoms with E-state index in [0.29, 0.717) is 18.2 Å². The number of para-hydroxylation sites is 2. The Morgan fingerprint density at radius 2 is 1.88 bits per heavy atom. The molecule has 2 heterocycles. The van der Waals surface area contributed by atoms with E-state index >= 15 is 0 Å². The molecule has 0 spiro atoms. The van der Waals surface area contributed by atoms with Gasteiger partial charge in [0.05, 0.1) is 17.7 Å². The zero-order chi connectivity index (χ0) is 18.2. The van der Waals surface area contributed by atoms with E-state index in [9.17, 15) is 8.42 Å². The number of fused-ring (bicyclic) bond motifs is 1. The molecule has 1 unspecified atom stereocenters. The number of nitrogens with zero attached hydrogens (tertiary/aromatic N) is 4. The first-order chi connectivity index (χ1) is 11.8. The van der Waals surface area contributed by atoms with E-state index in [1.165, 1.54) is 4.31 Å². The molecule has 0 saturated carbocycles. The highest BCUT2D eigenvalue weighted by Crippen LogP contribution is 2.35. The van der Waals surface area contributed by atoms with Gasteiger partial charge in [0, 0.05) is 32.9 Å². The second kappa shape index (κ2) is 6.71. The molecule has 25 heavy (non-hydrogen) atoms. The molecule has 0 fully saturated rings. The van der Waals surface area contributed by atoms with E-state index in [0.717, 1.165) is 18.8 Å². The van der Waals surface area contributed by atoms with Crippen molar-refractivity contribution in [3.05, 3.63) is 36.8 Å². The molecule has 7 heteroatoms. The van der Waals surface area contributed by atoms with Crippen LogP contribution in [0.25, 0.3) is 0 Å². The summed E-state index contributed by atoms with van der Waals surface area (Å²) in [5.74, 6) is 0.641. The van der Waals surface area contributed by atoms with Crippen LogP contribution in [0.5, 0.6) is 0 Å². The molecular formula is C18H26N4O2S. The maximum Gasteiger partial charge on any atom is 0.283 e. The van der Waals surface area contributed by atoms with Gasteiger partial charge in [0.15, 0.2) is 5.03 Å². The molecule has 136 valence electrons. The van der Waals surface area contributed by atoms with E-state index in [-0.39, 0.29) is 10.9 Å². The molecule has 1 aliphatic rings. The van der Waals surface area contributed by atoms with Crippen LogP contribution in [-0.2, 0) is 16.6 Å². The summed E-state index contributed by atoms with van der Waals surface area (Å²) >= 11 is 0. The van der Waals surface area contributed by atoms with Crippen LogP contribution in [0.15, 0.2) is 41.8 Å². The molecule has 1 atom stereocenters. The Morgan fingerprint density at radius 3 is 2.56 bits per heavy atom. The molecular weight excluding hydrogens is 336 g/mol. The molecule has 2 aromatic rings. The molecule has 1 aromatic carbocycles. The Morgan fingerprint density at radius 1 is 1.20 bits per heavy atom.